The van der Waals surface area contributed by atoms with Crippen molar-refractivity contribution in [2.24, 2.45) is 0 Å². The van der Waals surface area contributed by atoms with Crippen LogP contribution in [0.25, 0.3) is 17.4 Å². The summed E-state index contributed by atoms with van der Waals surface area (Å²) in [4.78, 5) is 25.9. The summed E-state index contributed by atoms with van der Waals surface area (Å²) in [5.41, 5.74) is 1.09. The summed E-state index contributed by atoms with van der Waals surface area (Å²) >= 11 is 18.2. The van der Waals surface area contributed by atoms with Gasteiger partial charge in [-0.1, -0.05) is 40.9 Å². The zero-order valence-electron chi connectivity index (χ0n) is 14.1. The SMILES string of the molecule is O=C1N/C(=C/c2ccc(-c3cc(Cl)ccc3Cl)o2)C(=O)N1c1cccc(Cl)c1. The molecule has 0 aliphatic carbocycles. The van der Waals surface area contributed by atoms with Crippen LogP contribution in [0.5, 0.6) is 0 Å². The van der Waals surface area contributed by atoms with Crippen LogP contribution in [0.15, 0.2) is 64.7 Å². The van der Waals surface area contributed by atoms with Crippen molar-refractivity contribution in [2.75, 3.05) is 4.90 Å². The van der Waals surface area contributed by atoms with Crippen LogP contribution in [0, 0.1) is 0 Å². The third-order valence-corrected chi connectivity index (χ3v) is 4.85. The first-order chi connectivity index (χ1) is 13.4. The Kier molecular flexibility index (Phi) is 4.89. The van der Waals surface area contributed by atoms with Gasteiger partial charge in [0.15, 0.2) is 0 Å². The Morgan fingerprint density at radius 2 is 1.71 bits per heavy atom. The molecule has 0 spiro atoms. The van der Waals surface area contributed by atoms with E-state index >= 15 is 0 Å². The first kappa shape index (κ1) is 18.6. The molecule has 0 unspecified atom stereocenters. The lowest BCUT2D eigenvalue weighted by atomic mass is 10.2. The Balaban J connectivity index is 1.64. The molecule has 1 saturated heterocycles. The van der Waals surface area contributed by atoms with Crippen LogP contribution in [0.1, 0.15) is 5.76 Å². The molecule has 3 amide bonds. The Hall–Kier alpha value is -2.73. The Morgan fingerprint density at radius 3 is 2.50 bits per heavy atom. The minimum atomic E-state index is -0.566. The number of carbonyl (C=O) groups excluding carboxylic acids is 2. The second-order valence-corrected chi connectivity index (χ2v) is 7.21. The highest BCUT2D eigenvalue weighted by atomic mass is 35.5. The van der Waals surface area contributed by atoms with E-state index in [0.717, 1.165) is 4.90 Å². The van der Waals surface area contributed by atoms with E-state index in [2.05, 4.69) is 5.32 Å². The summed E-state index contributed by atoms with van der Waals surface area (Å²) in [6.07, 6.45) is 1.45. The van der Waals surface area contributed by atoms with Gasteiger partial charge in [0, 0.05) is 21.7 Å². The lowest BCUT2D eigenvalue weighted by Gasteiger charge is -2.11. The first-order valence-electron chi connectivity index (χ1n) is 8.10. The predicted molar refractivity (Wildman–Crippen MR) is 110 cm³/mol. The zero-order chi connectivity index (χ0) is 19.8. The monoisotopic (exact) mass is 432 g/mol. The van der Waals surface area contributed by atoms with Crippen molar-refractivity contribution in [1.29, 1.82) is 0 Å². The lowest BCUT2D eigenvalue weighted by Crippen LogP contribution is -2.30. The number of nitrogens with zero attached hydrogens (tertiary/aromatic N) is 1. The molecule has 1 fully saturated rings. The molecule has 0 saturated carbocycles. The number of anilines is 1. The third-order valence-electron chi connectivity index (χ3n) is 4.05. The molecule has 28 heavy (non-hydrogen) atoms. The maximum Gasteiger partial charge on any atom is 0.333 e. The van der Waals surface area contributed by atoms with E-state index in [-0.39, 0.29) is 5.70 Å². The van der Waals surface area contributed by atoms with E-state index < -0.39 is 11.9 Å². The fourth-order valence-electron chi connectivity index (χ4n) is 2.79. The first-order valence-corrected chi connectivity index (χ1v) is 9.24. The highest BCUT2D eigenvalue weighted by Gasteiger charge is 2.35. The maximum absolute atomic E-state index is 12.7. The summed E-state index contributed by atoms with van der Waals surface area (Å²) in [6.45, 7) is 0. The number of hydrogen-bond donors (Lipinski definition) is 1. The van der Waals surface area contributed by atoms with Crippen LogP contribution in [0.3, 0.4) is 0 Å². The molecule has 5 nitrogen and oxygen atoms in total. The lowest BCUT2D eigenvalue weighted by molar-refractivity contribution is -0.113. The number of halogens is 3. The fourth-order valence-corrected chi connectivity index (χ4v) is 3.36. The van der Waals surface area contributed by atoms with Gasteiger partial charge in [-0.05, 0) is 48.5 Å². The van der Waals surface area contributed by atoms with Crippen LogP contribution in [-0.4, -0.2) is 11.9 Å². The maximum atomic E-state index is 12.7. The zero-order valence-corrected chi connectivity index (χ0v) is 16.3. The molecule has 4 rings (SSSR count). The molecule has 0 radical (unpaired) electrons. The van der Waals surface area contributed by atoms with Crippen molar-refractivity contribution < 1.29 is 14.0 Å². The molecule has 8 heteroatoms. The predicted octanol–water partition coefficient (Wildman–Crippen LogP) is 6.00. The van der Waals surface area contributed by atoms with Gasteiger partial charge in [0.05, 0.1) is 10.7 Å². The summed E-state index contributed by atoms with van der Waals surface area (Å²) in [5.74, 6) is 0.358. The molecule has 1 N–H and O–H groups in total. The van der Waals surface area contributed by atoms with E-state index in [9.17, 15) is 9.59 Å². The number of urea groups is 1. The van der Waals surface area contributed by atoms with Gasteiger partial charge in [0.25, 0.3) is 5.91 Å². The van der Waals surface area contributed by atoms with Crippen molar-refractivity contribution in [2.45, 2.75) is 0 Å². The Labute approximate surface area is 175 Å². The third kappa shape index (κ3) is 3.52. The summed E-state index contributed by atoms with van der Waals surface area (Å²) < 4.78 is 5.75. The van der Waals surface area contributed by atoms with E-state index in [1.165, 1.54) is 12.1 Å². The molecule has 1 aliphatic rings. The van der Waals surface area contributed by atoms with Crippen molar-refractivity contribution in [3.63, 3.8) is 0 Å². The number of furan rings is 1. The second kappa shape index (κ2) is 7.36. The van der Waals surface area contributed by atoms with E-state index in [4.69, 9.17) is 39.2 Å². The average Bonchev–Trinajstić information content (AvgIpc) is 3.22. The van der Waals surface area contributed by atoms with Crippen molar-refractivity contribution in [3.05, 3.63) is 81.1 Å². The van der Waals surface area contributed by atoms with Gasteiger partial charge in [-0.15, -0.1) is 0 Å². The van der Waals surface area contributed by atoms with Crippen LogP contribution in [0.4, 0.5) is 10.5 Å². The quantitative estimate of drug-likeness (QED) is 0.407. The molecule has 140 valence electrons. The fraction of sp³-hybridized carbons (Fsp3) is 0. The minimum Gasteiger partial charge on any atom is -0.457 e. The number of amides is 3. The van der Waals surface area contributed by atoms with Gasteiger partial charge in [0.2, 0.25) is 0 Å². The average molecular weight is 434 g/mol. The van der Waals surface area contributed by atoms with Crippen molar-refractivity contribution in [1.82, 2.24) is 5.32 Å². The minimum absolute atomic E-state index is 0.0862. The number of carbonyl (C=O) groups is 2. The topological polar surface area (TPSA) is 62.6 Å². The molecule has 1 aromatic heterocycles. The Bertz CT molecular complexity index is 1140. The summed E-state index contributed by atoms with van der Waals surface area (Å²) in [7, 11) is 0. The van der Waals surface area contributed by atoms with E-state index in [1.807, 2.05) is 0 Å². The van der Waals surface area contributed by atoms with Gasteiger partial charge in [0.1, 0.15) is 17.2 Å². The standard InChI is InChI=1S/C20H11Cl3N2O3/c21-11-2-1-3-13(8-11)25-19(26)17(24-20(25)27)10-14-5-7-18(28-14)15-9-12(22)4-6-16(15)23/h1-10H,(H,24,27)/b17-10+. The number of imide groups is 1. The number of nitrogens with one attached hydrogen (secondary N) is 1. The van der Waals surface area contributed by atoms with Crippen molar-refractivity contribution in [3.8, 4) is 11.3 Å². The van der Waals surface area contributed by atoms with Crippen LogP contribution >= 0.6 is 34.8 Å². The van der Waals surface area contributed by atoms with Crippen LogP contribution < -0.4 is 10.2 Å². The van der Waals surface area contributed by atoms with Crippen LogP contribution in [-0.2, 0) is 4.79 Å². The molecular weight excluding hydrogens is 423 g/mol. The summed E-state index contributed by atoms with van der Waals surface area (Å²) in [6, 6.07) is 14.3. The largest absolute Gasteiger partial charge is 0.457 e. The molecule has 0 bridgehead atoms. The Morgan fingerprint density at radius 1 is 0.929 bits per heavy atom. The van der Waals surface area contributed by atoms with Gasteiger partial charge in [-0.2, -0.15) is 0 Å². The van der Waals surface area contributed by atoms with Crippen molar-refractivity contribution >= 4 is 58.5 Å². The molecular formula is C20H11Cl3N2O3. The number of rotatable bonds is 3. The molecule has 2 heterocycles. The highest BCUT2D eigenvalue weighted by Crippen LogP contribution is 2.32. The molecule has 3 aromatic rings. The van der Waals surface area contributed by atoms with Gasteiger partial charge < -0.3 is 9.73 Å². The van der Waals surface area contributed by atoms with E-state index in [1.54, 1.807) is 48.5 Å². The van der Waals surface area contributed by atoms with E-state index in [0.29, 0.717) is 37.8 Å². The number of benzene rings is 2. The van der Waals surface area contributed by atoms with Gasteiger partial charge in [-0.25, -0.2) is 9.69 Å². The normalized spacial score (nSPS) is 15.4. The molecule has 1 aliphatic heterocycles. The smallest absolute Gasteiger partial charge is 0.333 e. The van der Waals surface area contributed by atoms with Gasteiger partial charge >= 0.3 is 6.03 Å². The molecule has 2 aromatic carbocycles. The van der Waals surface area contributed by atoms with Crippen LogP contribution in [0.2, 0.25) is 15.1 Å². The molecule has 0 atom stereocenters. The van der Waals surface area contributed by atoms with Gasteiger partial charge in [-0.3, -0.25) is 4.79 Å². The second-order valence-electron chi connectivity index (χ2n) is 5.93. The highest BCUT2D eigenvalue weighted by molar-refractivity contribution is 6.35. The number of hydrogen-bond acceptors (Lipinski definition) is 3. The summed E-state index contributed by atoms with van der Waals surface area (Å²) in [5, 5.41) is 3.96.